The number of hydrogen-bond acceptors (Lipinski definition) is 4. The molecule has 7 heteroatoms. The first-order valence-electron chi connectivity index (χ1n) is 5.92. The maximum Gasteiger partial charge on any atom is 0.186 e. The second-order valence-electron chi connectivity index (χ2n) is 4.47. The van der Waals surface area contributed by atoms with E-state index < -0.39 is 34.3 Å². The molecule has 0 heterocycles. The van der Waals surface area contributed by atoms with Gasteiger partial charge in [0.1, 0.15) is 5.92 Å². The van der Waals surface area contributed by atoms with Crippen LogP contribution in [0.15, 0.2) is 23.1 Å². The van der Waals surface area contributed by atoms with Crippen molar-refractivity contribution < 1.29 is 23.1 Å². The van der Waals surface area contributed by atoms with Crippen LogP contribution in [0.2, 0.25) is 5.02 Å². The van der Waals surface area contributed by atoms with Crippen LogP contribution < -0.4 is 0 Å². The zero-order valence-corrected chi connectivity index (χ0v) is 11.9. The standard InChI is InChI=1S/C13H11ClO5S/c14-9-6-7(20(18)19)4-5-8(9)13(17)12-10(15)2-1-3-11(12)16/h4-6,12H,1-3H2,(H,18,19). The zero-order chi connectivity index (χ0) is 14.9. The van der Waals surface area contributed by atoms with Crippen LogP contribution in [0.25, 0.3) is 0 Å². The lowest BCUT2D eigenvalue weighted by molar-refractivity contribution is -0.133. The Morgan fingerprint density at radius 2 is 1.85 bits per heavy atom. The summed E-state index contributed by atoms with van der Waals surface area (Å²) in [7, 11) is 0. The van der Waals surface area contributed by atoms with Gasteiger partial charge in [-0.25, -0.2) is 4.21 Å². The summed E-state index contributed by atoms with van der Waals surface area (Å²) in [6, 6.07) is 3.72. The molecule has 0 aromatic heterocycles. The molecule has 1 aromatic carbocycles. The second kappa shape index (κ2) is 5.95. The summed E-state index contributed by atoms with van der Waals surface area (Å²) >= 11 is 3.68. The molecule has 1 aliphatic rings. The first-order valence-corrected chi connectivity index (χ1v) is 7.40. The fraction of sp³-hybridized carbons (Fsp3) is 0.308. The SMILES string of the molecule is O=C1CCCC(=O)C1C(=O)c1ccc(S(=O)O)cc1Cl. The molecule has 1 aromatic rings. The summed E-state index contributed by atoms with van der Waals surface area (Å²) in [4.78, 5) is 35.8. The summed E-state index contributed by atoms with van der Waals surface area (Å²) in [6.07, 6.45) is 0.884. The molecule has 0 aliphatic heterocycles. The smallest absolute Gasteiger partial charge is 0.186 e. The number of carbonyl (C=O) groups is 3. The quantitative estimate of drug-likeness (QED) is 0.524. The summed E-state index contributed by atoms with van der Waals surface area (Å²) in [5.41, 5.74) is 0.0227. The van der Waals surface area contributed by atoms with Gasteiger partial charge in [-0.05, 0) is 24.6 Å². The third-order valence-corrected chi connectivity index (χ3v) is 4.13. The van der Waals surface area contributed by atoms with E-state index in [1.807, 2.05) is 0 Å². The molecule has 0 amide bonds. The van der Waals surface area contributed by atoms with Crippen LogP contribution in [0.3, 0.4) is 0 Å². The Hall–Kier alpha value is -1.37. The van der Waals surface area contributed by atoms with E-state index in [1.54, 1.807) is 0 Å². The number of Topliss-reactive ketones (excluding diaryl/α,β-unsaturated/α-hetero) is 3. The van der Waals surface area contributed by atoms with Crippen molar-refractivity contribution in [1.29, 1.82) is 0 Å². The number of benzene rings is 1. The molecule has 0 radical (unpaired) electrons. The van der Waals surface area contributed by atoms with Gasteiger partial charge in [-0.2, -0.15) is 0 Å². The van der Waals surface area contributed by atoms with E-state index in [9.17, 15) is 18.6 Å². The van der Waals surface area contributed by atoms with Gasteiger partial charge in [-0.1, -0.05) is 11.6 Å². The van der Waals surface area contributed by atoms with Crippen LogP contribution in [0.5, 0.6) is 0 Å². The molecule has 1 N–H and O–H groups in total. The fourth-order valence-electron chi connectivity index (χ4n) is 2.16. The first kappa shape index (κ1) is 15.0. The third kappa shape index (κ3) is 2.87. The van der Waals surface area contributed by atoms with Crippen LogP contribution in [-0.2, 0) is 20.7 Å². The minimum absolute atomic E-state index is 0.0227. The predicted octanol–water partition coefficient (Wildman–Crippen LogP) is 2.04. The van der Waals surface area contributed by atoms with Gasteiger partial charge >= 0.3 is 0 Å². The van der Waals surface area contributed by atoms with Crippen LogP contribution in [0.1, 0.15) is 29.6 Å². The lowest BCUT2D eigenvalue weighted by Gasteiger charge is -2.18. The summed E-state index contributed by atoms with van der Waals surface area (Å²) in [5.74, 6) is -2.71. The van der Waals surface area contributed by atoms with Gasteiger partial charge in [0.25, 0.3) is 0 Å². The van der Waals surface area contributed by atoms with Gasteiger partial charge in [-0.3, -0.25) is 14.4 Å². The monoisotopic (exact) mass is 314 g/mol. The predicted molar refractivity (Wildman–Crippen MR) is 72.2 cm³/mol. The Morgan fingerprint density at radius 3 is 2.35 bits per heavy atom. The van der Waals surface area contributed by atoms with Crippen LogP contribution in [0.4, 0.5) is 0 Å². The third-order valence-electron chi connectivity index (χ3n) is 3.16. The molecule has 1 unspecified atom stereocenters. The van der Waals surface area contributed by atoms with E-state index in [0.29, 0.717) is 6.42 Å². The number of carbonyl (C=O) groups excluding carboxylic acids is 3. The minimum Gasteiger partial charge on any atom is -0.302 e. The molecule has 1 saturated carbocycles. The van der Waals surface area contributed by atoms with Gasteiger partial charge in [0.05, 0.1) is 9.92 Å². The highest BCUT2D eigenvalue weighted by atomic mass is 35.5. The van der Waals surface area contributed by atoms with E-state index >= 15 is 0 Å². The highest BCUT2D eigenvalue weighted by Crippen LogP contribution is 2.26. The lowest BCUT2D eigenvalue weighted by Crippen LogP contribution is -2.35. The van der Waals surface area contributed by atoms with Crippen molar-refractivity contribution >= 4 is 40.0 Å². The molecular weight excluding hydrogens is 304 g/mol. The van der Waals surface area contributed by atoms with Crippen LogP contribution in [-0.4, -0.2) is 26.1 Å². The van der Waals surface area contributed by atoms with Crippen LogP contribution >= 0.6 is 11.6 Å². The Labute approximate surface area is 122 Å². The van der Waals surface area contributed by atoms with E-state index in [4.69, 9.17) is 16.2 Å². The molecule has 2 rings (SSSR count). The van der Waals surface area contributed by atoms with Crippen molar-refractivity contribution in [3.05, 3.63) is 28.8 Å². The summed E-state index contributed by atoms with van der Waals surface area (Å²) < 4.78 is 19.8. The average Bonchev–Trinajstić information content (AvgIpc) is 2.38. The average molecular weight is 315 g/mol. The van der Waals surface area contributed by atoms with Crippen molar-refractivity contribution in [2.45, 2.75) is 24.2 Å². The first-order chi connectivity index (χ1) is 9.41. The Bertz CT molecular complexity index is 609. The summed E-state index contributed by atoms with van der Waals surface area (Å²) in [6.45, 7) is 0. The number of rotatable bonds is 3. The van der Waals surface area contributed by atoms with Gasteiger partial charge in [0.15, 0.2) is 28.4 Å². The fourth-order valence-corrected chi connectivity index (χ4v) is 2.90. The maximum absolute atomic E-state index is 12.3. The largest absolute Gasteiger partial charge is 0.302 e. The molecule has 106 valence electrons. The van der Waals surface area contributed by atoms with Crippen molar-refractivity contribution in [1.82, 2.24) is 0 Å². The summed E-state index contributed by atoms with van der Waals surface area (Å²) in [5, 5.41) is -0.0407. The number of hydrogen-bond donors (Lipinski definition) is 1. The minimum atomic E-state index is -2.21. The molecule has 20 heavy (non-hydrogen) atoms. The van der Waals surface area contributed by atoms with Gasteiger partial charge in [0, 0.05) is 18.4 Å². The molecule has 0 spiro atoms. The zero-order valence-electron chi connectivity index (χ0n) is 10.3. The molecule has 1 fully saturated rings. The molecule has 1 atom stereocenters. The topological polar surface area (TPSA) is 88.5 Å². The normalized spacial score (nSPS) is 18.1. The van der Waals surface area contributed by atoms with Crippen LogP contribution in [0, 0.1) is 5.92 Å². The number of ketones is 3. The second-order valence-corrected chi connectivity index (χ2v) is 5.85. The Kier molecular flexibility index (Phi) is 4.47. The molecule has 0 saturated heterocycles. The molecular formula is C13H11ClO5S. The molecule has 5 nitrogen and oxygen atoms in total. The van der Waals surface area contributed by atoms with Gasteiger partial charge < -0.3 is 4.55 Å². The van der Waals surface area contributed by atoms with Crippen molar-refractivity contribution in [3.63, 3.8) is 0 Å². The van der Waals surface area contributed by atoms with Crippen molar-refractivity contribution in [2.75, 3.05) is 0 Å². The molecule has 1 aliphatic carbocycles. The van der Waals surface area contributed by atoms with E-state index in [1.165, 1.54) is 18.2 Å². The Morgan fingerprint density at radius 1 is 1.25 bits per heavy atom. The van der Waals surface area contributed by atoms with Gasteiger partial charge in [-0.15, -0.1) is 0 Å². The Balaban J connectivity index is 2.36. The lowest BCUT2D eigenvalue weighted by atomic mass is 9.82. The van der Waals surface area contributed by atoms with E-state index in [2.05, 4.69) is 0 Å². The maximum atomic E-state index is 12.3. The van der Waals surface area contributed by atoms with Crippen molar-refractivity contribution in [3.8, 4) is 0 Å². The highest BCUT2D eigenvalue weighted by Gasteiger charge is 2.37. The van der Waals surface area contributed by atoms with Crippen molar-refractivity contribution in [2.24, 2.45) is 5.92 Å². The highest BCUT2D eigenvalue weighted by molar-refractivity contribution is 7.79. The molecule has 0 bridgehead atoms. The van der Waals surface area contributed by atoms with Gasteiger partial charge in [0.2, 0.25) is 0 Å². The van der Waals surface area contributed by atoms with E-state index in [-0.39, 0.29) is 28.3 Å². The van der Waals surface area contributed by atoms with E-state index in [0.717, 1.165) is 0 Å². The number of halogens is 1.